The zero-order valence-electron chi connectivity index (χ0n) is 9.81. The first-order chi connectivity index (χ1) is 7.56. The third-order valence-electron chi connectivity index (χ3n) is 2.57. The molecule has 1 aromatic rings. The second-order valence-electron chi connectivity index (χ2n) is 3.86. The predicted octanol–water partition coefficient (Wildman–Crippen LogP) is 1.36. The first kappa shape index (κ1) is 12.4. The minimum absolute atomic E-state index is 0.302. The largest absolute Gasteiger partial charge is 0.399 e. The number of hydrogen-bond donors (Lipinski definition) is 2. The number of rotatable bonds is 5. The van der Waals surface area contributed by atoms with Gasteiger partial charge in [0.05, 0.1) is 0 Å². The molecule has 1 unspecified atom stereocenters. The Bertz CT molecular complexity index is 348. The number of amides is 1. The number of nitrogens with zero attached hydrogens (tertiary/aromatic N) is 1. The number of carbonyl (C=O) groups excluding carboxylic acids is 1. The number of hydrogen-bond acceptors (Lipinski definition) is 3. The van der Waals surface area contributed by atoms with Crippen LogP contribution in [0.3, 0.4) is 0 Å². The highest BCUT2D eigenvalue weighted by atomic mass is 16.1. The Morgan fingerprint density at radius 2 is 1.94 bits per heavy atom. The normalized spacial score (nSPS) is 12.1. The van der Waals surface area contributed by atoms with Gasteiger partial charge in [-0.3, -0.25) is 4.79 Å². The van der Waals surface area contributed by atoms with E-state index < -0.39 is 0 Å². The van der Waals surface area contributed by atoms with E-state index in [4.69, 9.17) is 11.5 Å². The molecule has 0 aliphatic rings. The number of nitrogens with two attached hydrogens (primary N) is 2. The first-order valence-electron chi connectivity index (χ1n) is 5.47. The summed E-state index contributed by atoms with van der Waals surface area (Å²) in [4.78, 5) is 13.2. The van der Waals surface area contributed by atoms with Crippen molar-refractivity contribution < 1.29 is 4.79 Å². The van der Waals surface area contributed by atoms with Gasteiger partial charge in [0, 0.05) is 17.9 Å². The Morgan fingerprint density at radius 1 is 1.38 bits per heavy atom. The highest BCUT2D eigenvalue weighted by molar-refractivity contribution is 5.83. The van der Waals surface area contributed by atoms with Crippen LogP contribution >= 0.6 is 0 Å². The van der Waals surface area contributed by atoms with Crippen molar-refractivity contribution in [1.29, 1.82) is 0 Å². The molecule has 0 aliphatic heterocycles. The summed E-state index contributed by atoms with van der Waals surface area (Å²) in [6.45, 7) is 4.68. The van der Waals surface area contributed by atoms with E-state index in [1.807, 2.05) is 36.1 Å². The molecular weight excluding hydrogens is 202 g/mol. The molecule has 1 aromatic carbocycles. The van der Waals surface area contributed by atoms with E-state index in [1.165, 1.54) is 0 Å². The first-order valence-corrected chi connectivity index (χ1v) is 5.47. The Kier molecular flexibility index (Phi) is 4.17. The van der Waals surface area contributed by atoms with Gasteiger partial charge in [-0.2, -0.15) is 0 Å². The van der Waals surface area contributed by atoms with Crippen LogP contribution in [0.2, 0.25) is 0 Å². The van der Waals surface area contributed by atoms with Gasteiger partial charge in [0.25, 0.3) is 0 Å². The molecule has 0 saturated carbocycles. The van der Waals surface area contributed by atoms with Gasteiger partial charge in [-0.05, 0) is 37.6 Å². The molecule has 0 aromatic heterocycles. The lowest BCUT2D eigenvalue weighted by atomic mass is 10.2. The smallest absolute Gasteiger partial charge is 0.239 e. The van der Waals surface area contributed by atoms with Crippen LogP contribution in [-0.4, -0.2) is 18.5 Å². The zero-order valence-corrected chi connectivity index (χ0v) is 9.81. The van der Waals surface area contributed by atoms with Crippen molar-refractivity contribution >= 4 is 17.3 Å². The van der Waals surface area contributed by atoms with Crippen molar-refractivity contribution in [3.05, 3.63) is 24.3 Å². The van der Waals surface area contributed by atoms with E-state index in [0.29, 0.717) is 5.69 Å². The summed E-state index contributed by atoms with van der Waals surface area (Å²) in [7, 11) is 0. The minimum Gasteiger partial charge on any atom is -0.399 e. The number of carbonyl (C=O) groups is 1. The molecule has 0 radical (unpaired) electrons. The molecule has 0 saturated heterocycles. The quantitative estimate of drug-likeness (QED) is 0.737. The van der Waals surface area contributed by atoms with Crippen molar-refractivity contribution in [1.82, 2.24) is 0 Å². The molecule has 0 aliphatic carbocycles. The molecule has 16 heavy (non-hydrogen) atoms. The molecule has 88 valence electrons. The third-order valence-corrected chi connectivity index (χ3v) is 2.57. The second-order valence-corrected chi connectivity index (χ2v) is 3.86. The molecule has 4 N–H and O–H groups in total. The Balaban J connectivity index is 2.92. The van der Waals surface area contributed by atoms with Crippen LogP contribution in [0.15, 0.2) is 24.3 Å². The maximum absolute atomic E-state index is 11.2. The van der Waals surface area contributed by atoms with Crippen LogP contribution in [0.4, 0.5) is 11.4 Å². The van der Waals surface area contributed by atoms with E-state index in [-0.39, 0.29) is 11.9 Å². The van der Waals surface area contributed by atoms with Gasteiger partial charge in [-0.1, -0.05) is 6.92 Å². The molecule has 1 atom stereocenters. The van der Waals surface area contributed by atoms with Crippen LogP contribution in [0.25, 0.3) is 0 Å². The highest BCUT2D eigenvalue weighted by Crippen LogP contribution is 2.19. The molecule has 0 spiro atoms. The van der Waals surface area contributed by atoms with E-state index >= 15 is 0 Å². The van der Waals surface area contributed by atoms with E-state index in [2.05, 4.69) is 6.92 Å². The van der Waals surface area contributed by atoms with Gasteiger partial charge < -0.3 is 16.4 Å². The van der Waals surface area contributed by atoms with E-state index in [0.717, 1.165) is 18.7 Å². The fourth-order valence-electron chi connectivity index (χ4n) is 1.61. The maximum atomic E-state index is 11.2. The molecule has 0 fully saturated rings. The molecular formula is C12H19N3O. The van der Waals surface area contributed by atoms with Gasteiger partial charge in [0.2, 0.25) is 5.91 Å². The summed E-state index contributed by atoms with van der Waals surface area (Å²) in [6.07, 6.45) is 0.960. The van der Waals surface area contributed by atoms with Crippen LogP contribution in [0, 0.1) is 0 Å². The monoisotopic (exact) mass is 221 g/mol. The molecule has 0 heterocycles. The van der Waals surface area contributed by atoms with Crippen LogP contribution in [-0.2, 0) is 4.79 Å². The van der Waals surface area contributed by atoms with Gasteiger partial charge >= 0.3 is 0 Å². The van der Waals surface area contributed by atoms with Gasteiger partial charge in [0.15, 0.2) is 0 Å². The zero-order chi connectivity index (χ0) is 12.1. The topological polar surface area (TPSA) is 72.3 Å². The fourth-order valence-corrected chi connectivity index (χ4v) is 1.61. The lowest BCUT2D eigenvalue weighted by molar-refractivity contribution is -0.118. The Morgan fingerprint density at radius 3 is 2.38 bits per heavy atom. The minimum atomic E-state index is -0.315. The Hall–Kier alpha value is -1.71. The summed E-state index contributed by atoms with van der Waals surface area (Å²) in [6, 6.07) is 7.16. The predicted molar refractivity (Wildman–Crippen MR) is 67.1 cm³/mol. The standard InChI is InChI=1S/C12H19N3O/c1-3-8-15(9(2)12(14)16)11-6-4-10(13)5-7-11/h4-7,9H,3,8,13H2,1-2H3,(H2,14,16). The second kappa shape index (κ2) is 5.39. The van der Waals surface area contributed by atoms with Crippen molar-refractivity contribution in [3.63, 3.8) is 0 Å². The van der Waals surface area contributed by atoms with Crippen molar-refractivity contribution in [3.8, 4) is 0 Å². The summed E-state index contributed by atoms with van der Waals surface area (Å²) in [5, 5.41) is 0. The summed E-state index contributed by atoms with van der Waals surface area (Å²) < 4.78 is 0. The highest BCUT2D eigenvalue weighted by Gasteiger charge is 2.18. The van der Waals surface area contributed by atoms with Crippen molar-refractivity contribution in [2.45, 2.75) is 26.3 Å². The summed E-state index contributed by atoms with van der Waals surface area (Å²) in [5.74, 6) is -0.315. The fraction of sp³-hybridized carbons (Fsp3) is 0.417. The summed E-state index contributed by atoms with van der Waals surface area (Å²) in [5.41, 5.74) is 12.6. The summed E-state index contributed by atoms with van der Waals surface area (Å²) >= 11 is 0. The SMILES string of the molecule is CCCN(c1ccc(N)cc1)C(C)C(N)=O. The average Bonchev–Trinajstić information content (AvgIpc) is 2.26. The van der Waals surface area contributed by atoms with E-state index in [9.17, 15) is 4.79 Å². The molecule has 0 bridgehead atoms. The van der Waals surface area contributed by atoms with Gasteiger partial charge in [-0.25, -0.2) is 0 Å². The molecule has 1 rings (SSSR count). The van der Waals surface area contributed by atoms with Crippen LogP contribution < -0.4 is 16.4 Å². The maximum Gasteiger partial charge on any atom is 0.239 e. The third kappa shape index (κ3) is 2.89. The molecule has 1 amide bonds. The van der Waals surface area contributed by atoms with Crippen molar-refractivity contribution in [2.24, 2.45) is 5.73 Å². The number of nitrogen functional groups attached to an aromatic ring is 1. The molecule has 4 heteroatoms. The van der Waals surface area contributed by atoms with Gasteiger partial charge in [0.1, 0.15) is 6.04 Å². The van der Waals surface area contributed by atoms with E-state index in [1.54, 1.807) is 0 Å². The number of primary amides is 1. The Labute approximate surface area is 96.2 Å². The lowest BCUT2D eigenvalue weighted by Gasteiger charge is -2.29. The average molecular weight is 221 g/mol. The molecule has 4 nitrogen and oxygen atoms in total. The number of benzene rings is 1. The van der Waals surface area contributed by atoms with Crippen LogP contribution in [0.1, 0.15) is 20.3 Å². The lowest BCUT2D eigenvalue weighted by Crippen LogP contribution is -2.43. The van der Waals surface area contributed by atoms with Gasteiger partial charge in [-0.15, -0.1) is 0 Å². The van der Waals surface area contributed by atoms with Crippen LogP contribution in [0.5, 0.6) is 0 Å². The van der Waals surface area contributed by atoms with Crippen molar-refractivity contribution in [2.75, 3.05) is 17.2 Å². The number of anilines is 2.